The molecule has 0 aromatic rings. The molecule has 0 spiro atoms. The zero-order chi connectivity index (χ0) is 16.7. The van der Waals surface area contributed by atoms with E-state index in [0.29, 0.717) is 0 Å². The summed E-state index contributed by atoms with van der Waals surface area (Å²) in [6.07, 6.45) is 32.0. The van der Waals surface area contributed by atoms with Gasteiger partial charge in [0.1, 0.15) is 0 Å². The summed E-state index contributed by atoms with van der Waals surface area (Å²) < 4.78 is 0. The van der Waals surface area contributed by atoms with E-state index in [1.165, 1.54) is 101 Å². The Hall–Kier alpha value is -1.48. The van der Waals surface area contributed by atoms with Gasteiger partial charge in [-0.15, -0.1) is 11.5 Å². The van der Waals surface area contributed by atoms with Crippen LogP contribution in [0.15, 0.2) is 59.1 Å². The van der Waals surface area contributed by atoms with Crippen LogP contribution in [-0.4, -0.2) is 0 Å². The van der Waals surface area contributed by atoms with Crippen LogP contribution in [0, 0.1) is 0 Å². The van der Waals surface area contributed by atoms with Crippen molar-refractivity contribution in [1.82, 2.24) is 0 Å². The average Bonchev–Trinajstić information content (AvgIpc) is 3.28. The van der Waals surface area contributed by atoms with Gasteiger partial charge in [0.2, 0.25) is 0 Å². The Labute approximate surface area is 149 Å². The van der Waals surface area contributed by atoms with Crippen molar-refractivity contribution in [3.8, 4) is 0 Å². The Kier molecular flexibility index (Phi) is 10.1. The molecule has 0 heterocycles. The molecule has 0 N–H and O–H groups in total. The number of rotatable bonds is 15. The lowest BCUT2D eigenvalue weighted by Gasteiger charge is -2.03. The van der Waals surface area contributed by atoms with E-state index in [0.717, 1.165) is 0 Å². The molecule has 2 aliphatic carbocycles. The van der Waals surface area contributed by atoms with Crippen molar-refractivity contribution in [1.29, 1.82) is 0 Å². The van der Waals surface area contributed by atoms with Gasteiger partial charge in [-0.05, 0) is 49.0 Å². The lowest BCUT2D eigenvalue weighted by molar-refractivity contribution is 0.541. The highest BCUT2D eigenvalue weighted by atomic mass is 14.0. The molecule has 0 nitrogen and oxygen atoms in total. The zero-order valence-electron chi connectivity index (χ0n) is 15.4. The normalized spacial score (nSPS) is 14.7. The molecule has 2 rings (SSSR count). The van der Waals surface area contributed by atoms with E-state index < -0.39 is 0 Å². The summed E-state index contributed by atoms with van der Waals surface area (Å²) in [7, 11) is 0. The fraction of sp³-hybridized carbons (Fsp3) is 0.583. The van der Waals surface area contributed by atoms with E-state index in [9.17, 15) is 0 Å². The van der Waals surface area contributed by atoms with Crippen LogP contribution in [0.5, 0.6) is 0 Å². The fourth-order valence-electron chi connectivity index (χ4n) is 3.44. The van der Waals surface area contributed by atoms with Gasteiger partial charge in [-0.2, -0.15) is 0 Å². The Balaban J connectivity index is 1.25. The molecular weight excluding hydrogens is 288 g/mol. The third-order valence-electron chi connectivity index (χ3n) is 4.97. The number of hydrogen-bond acceptors (Lipinski definition) is 0. The molecule has 24 heavy (non-hydrogen) atoms. The van der Waals surface area contributed by atoms with Gasteiger partial charge in [0.25, 0.3) is 0 Å². The van der Waals surface area contributed by atoms with Crippen LogP contribution in [0.3, 0.4) is 0 Å². The van der Waals surface area contributed by atoms with Crippen molar-refractivity contribution in [3.63, 3.8) is 0 Å². The molecule has 0 aromatic carbocycles. The van der Waals surface area contributed by atoms with Crippen molar-refractivity contribution >= 4 is 0 Å². The summed E-state index contributed by atoms with van der Waals surface area (Å²) in [5, 5.41) is 0. The van der Waals surface area contributed by atoms with Gasteiger partial charge in [0.15, 0.2) is 0 Å². The van der Waals surface area contributed by atoms with Crippen molar-refractivity contribution in [2.24, 2.45) is 0 Å². The van der Waals surface area contributed by atoms with E-state index in [2.05, 4.69) is 35.8 Å². The van der Waals surface area contributed by atoms with Crippen LogP contribution in [0.1, 0.15) is 89.9 Å². The molecule has 0 aromatic heterocycles. The topological polar surface area (TPSA) is 0 Å². The average molecular weight is 323 g/mol. The van der Waals surface area contributed by atoms with Crippen LogP contribution in [-0.2, 0) is 0 Å². The first kappa shape index (κ1) is 18.9. The summed E-state index contributed by atoms with van der Waals surface area (Å²) >= 11 is 0. The first-order chi connectivity index (χ1) is 11.9. The first-order valence-corrected chi connectivity index (χ1v) is 10.2. The summed E-state index contributed by atoms with van der Waals surface area (Å²) in [5.74, 6) is 0. The van der Waals surface area contributed by atoms with Gasteiger partial charge >= 0.3 is 0 Å². The summed E-state index contributed by atoms with van der Waals surface area (Å²) in [5.41, 5.74) is 9.36. The molecule has 2 aliphatic rings. The van der Waals surface area contributed by atoms with Gasteiger partial charge in [-0.3, -0.25) is 0 Å². The lowest BCUT2D eigenvalue weighted by atomic mass is 10.0. The highest BCUT2D eigenvalue weighted by Crippen LogP contribution is 2.17. The SMILES string of the molecule is C1=CC=CC=1CCCCCCCCCCCCCCC1=C=CC=C1. The predicted molar refractivity (Wildman–Crippen MR) is 106 cm³/mol. The van der Waals surface area contributed by atoms with Gasteiger partial charge in [-0.1, -0.05) is 88.5 Å². The second-order valence-corrected chi connectivity index (χ2v) is 7.13. The van der Waals surface area contributed by atoms with Crippen molar-refractivity contribution in [2.45, 2.75) is 89.9 Å². The second kappa shape index (κ2) is 12.9. The van der Waals surface area contributed by atoms with Crippen molar-refractivity contribution in [2.75, 3.05) is 0 Å². The third-order valence-corrected chi connectivity index (χ3v) is 4.97. The second-order valence-electron chi connectivity index (χ2n) is 7.13. The zero-order valence-corrected chi connectivity index (χ0v) is 15.4. The first-order valence-electron chi connectivity index (χ1n) is 10.2. The van der Waals surface area contributed by atoms with E-state index >= 15 is 0 Å². The van der Waals surface area contributed by atoms with Gasteiger partial charge in [0, 0.05) is 0 Å². The number of allylic oxidation sites excluding steroid dienone is 6. The fourth-order valence-corrected chi connectivity index (χ4v) is 3.44. The van der Waals surface area contributed by atoms with E-state index in [1.807, 2.05) is 12.2 Å². The lowest BCUT2D eigenvalue weighted by Crippen LogP contribution is -1.84. The standard InChI is InChI=1S/C24H34/c1(3-5-7-9-11-17-23-19-13-14-20-23)2-4-6-8-10-12-18-24-21-15-16-22-24/h13-16,19,21H,1-12,17-18H2. The van der Waals surface area contributed by atoms with Gasteiger partial charge in [-0.25, -0.2) is 0 Å². The molecule has 0 bridgehead atoms. The molecule has 130 valence electrons. The Morgan fingerprint density at radius 1 is 0.458 bits per heavy atom. The van der Waals surface area contributed by atoms with Gasteiger partial charge in [0.05, 0.1) is 0 Å². The van der Waals surface area contributed by atoms with E-state index in [4.69, 9.17) is 0 Å². The van der Waals surface area contributed by atoms with Crippen LogP contribution in [0.4, 0.5) is 0 Å². The maximum Gasteiger partial charge on any atom is -0.00601 e. The van der Waals surface area contributed by atoms with Crippen LogP contribution < -0.4 is 0 Å². The molecule has 0 saturated carbocycles. The number of hydrogen-bond donors (Lipinski definition) is 0. The largest absolute Gasteiger partial charge is 0.117 e. The van der Waals surface area contributed by atoms with E-state index in [-0.39, 0.29) is 0 Å². The maximum absolute atomic E-state index is 3.29. The summed E-state index contributed by atoms with van der Waals surface area (Å²) in [4.78, 5) is 0. The monoisotopic (exact) mass is 322 g/mol. The molecule has 0 radical (unpaired) electrons. The minimum Gasteiger partial charge on any atom is -0.117 e. The Bertz CT molecular complexity index is 478. The number of unbranched alkanes of at least 4 members (excludes halogenated alkanes) is 11. The minimum absolute atomic E-state index is 1.22. The highest BCUT2D eigenvalue weighted by molar-refractivity contribution is 5.29. The van der Waals surface area contributed by atoms with Crippen LogP contribution in [0.25, 0.3) is 0 Å². The third kappa shape index (κ3) is 8.97. The van der Waals surface area contributed by atoms with E-state index in [1.54, 1.807) is 0 Å². The minimum atomic E-state index is 1.22. The Morgan fingerprint density at radius 2 is 0.792 bits per heavy atom. The van der Waals surface area contributed by atoms with Crippen LogP contribution in [0.2, 0.25) is 0 Å². The maximum atomic E-state index is 3.29. The van der Waals surface area contributed by atoms with Crippen LogP contribution >= 0.6 is 0 Å². The summed E-state index contributed by atoms with van der Waals surface area (Å²) in [6.45, 7) is 0. The molecule has 0 fully saturated rings. The smallest absolute Gasteiger partial charge is 0.00601 e. The van der Waals surface area contributed by atoms with Crippen molar-refractivity contribution < 1.29 is 0 Å². The Morgan fingerprint density at radius 3 is 1.08 bits per heavy atom. The van der Waals surface area contributed by atoms with Gasteiger partial charge < -0.3 is 0 Å². The van der Waals surface area contributed by atoms with Crippen molar-refractivity contribution in [3.05, 3.63) is 59.1 Å². The quantitative estimate of drug-likeness (QED) is 0.213. The molecular formula is C24H34. The highest BCUT2D eigenvalue weighted by Gasteiger charge is 1.97. The molecule has 0 unspecified atom stereocenters. The molecule has 0 atom stereocenters. The summed E-state index contributed by atoms with van der Waals surface area (Å²) in [6, 6.07) is 0. The molecule has 0 aliphatic heterocycles. The predicted octanol–water partition coefficient (Wildman–Crippen LogP) is 7.75. The molecule has 0 saturated heterocycles. The molecule has 0 heteroatoms. The molecule has 0 amide bonds.